The normalized spacial score (nSPS) is 11.3. The first kappa shape index (κ1) is 20.5. The van der Waals surface area contributed by atoms with E-state index in [1.807, 2.05) is 59.2 Å². The predicted octanol–water partition coefficient (Wildman–Crippen LogP) is 5.90. The first-order chi connectivity index (χ1) is 15.6. The van der Waals surface area contributed by atoms with Gasteiger partial charge in [0.1, 0.15) is 5.82 Å². The Hall–Kier alpha value is -3.41. The van der Waals surface area contributed by atoms with Gasteiger partial charge in [-0.25, -0.2) is 15.0 Å². The molecule has 0 radical (unpaired) electrons. The van der Waals surface area contributed by atoms with Crippen LogP contribution in [0.3, 0.4) is 0 Å². The molecule has 7 heteroatoms. The van der Waals surface area contributed by atoms with E-state index in [1.165, 1.54) is 0 Å². The van der Waals surface area contributed by atoms with Gasteiger partial charge in [-0.3, -0.25) is 0 Å². The van der Waals surface area contributed by atoms with Gasteiger partial charge in [0, 0.05) is 15.6 Å². The van der Waals surface area contributed by atoms with Gasteiger partial charge in [0.05, 0.1) is 18.8 Å². The lowest BCUT2D eigenvalue weighted by molar-refractivity contribution is 0.759. The Morgan fingerprint density at radius 2 is 1.38 bits per heavy atom. The number of hydrogen-bond donors (Lipinski definition) is 1. The van der Waals surface area contributed by atoms with Gasteiger partial charge in [0.25, 0.3) is 0 Å². The summed E-state index contributed by atoms with van der Waals surface area (Å²) in [7, 11) is 0. The summed E-state index contributed by atoms with van der Waals surface area (Å²) in [5.74, 6) is 1.50. The quantitative estimate of drug-likeness (QED) is 0.355. The first-order valence-electron chi connectivity index (χ1n) is 10.1. The van der Waals surface area contributed by atoms with Gasteiger partial charge in [-0.15, -0.1) is 0 Å². The van der Waals surface area contributed by atoms with E-state index in [0.717, 1.165) is 16.7 Å². The van der Waals surface area contributed by atoms with E-state index in [4.69, 9.17) is 38.9 Å². The van der Waals surface area contributed by atoms with Crippen LogP contribution >= 0.6 is 23.2 Å². The van der Waals surface area contributed by atoms with E-state index in [9.17, 15) is 0 Å². The average Bonchev–Trinajstić information content (AvgIpc) is 3.25. The molecule has 0 fully saturated rings. The van der Waals surface area contributed by atoms with Crippen molar-refractivity contribution in [3.63, 3.8) is 0 Å². The summed E-state index contributed by atoms with van der Waals surface area (Å²) < 4.78 is 1.88. The number of fused-ring (bicyclic) bond motifs is 1. The first-order valence-corrected chi connectivity index (χ1v) is 10.9. The van der Waals surface area contributed by atoms with Crippen LogP contribution in [0.25, 0.3) is 11.5 Å². The number of halogens is 2. The Balaban J connectivity index is 1.66. The highest BCUT2D eigenvalue weighted by atomic mass is 35.5. The highest BCUT2D eigenvalue weighted by Gasteiger charge is 2.26. The van der Waals surface area contributed by atoms with E-state index in [0.29, 0.717) is 39.8 Å². The molecule has 3 aromatic rings. The zero-order valence-corrected chi connectivity index (χ0v) is 18.5. The lowest BCUT2D eigenvalue weighted by Crippen LogP contribution is -2.10. The molecule has 158 valence electrons. The van der Waals surface area contributed by atoms with Crippen LogP contribution < -0.4 is 5.73 Å². The van der Waals surface area contributed by atoms with Crippen molar-refractivity contribution < 1.29 is 0 Å². The molecule has 2 aliphatic rings. The Morgan fingerprint density at radius 1 is 0.781 bits per heavy atom. The summed E-state index contributed by atoms with van der Waals surface area (Å²) in [5, 5.41) is 1.17. The summed E-state index contributed by atoms with van der Waals surface area (Å²) in [4.78, 5) is 14.1. The highest BCUT2D eigenvalue weighted by molar-refractivity contribution is 6.36. The van der Waals surface area contributed by atoms with Crippen molar-refractivity contribution in [2.45, 2.75) is 12.5 Å². The van der Waals surface area contributed by atoms with E-state index in [2.05, 4.69) is 29.2 Å². The van der Waals surface area contributed by atoms with E-state index in [1.54, 1.807) is 6.33 Å². The van der Waals surface area contributed by atoms with Crippen LogP contribution in [0.2, 0.25) is 10.0 Å². The molecule has 5 nitrogen and oxygen atoms in total. The fourth-order valence-corrected chi connectivity index (χ4v) is 4.37. The van der Waals surface area contributed by atoms with E-state index < -0.39 is 0 Å². The molecule has 2 aliphatic heterocycles. The number of imidazole rings is 1. The molecular formula is C25H19Cl2N5. The monoisotopic (exact) mass is 459 g/mol. The second kappa shape index (κ2) is 8.61. The van der Waals surface area contributed by atoms with E-state index in [-0.39, 0.29) is 5.92 Å². The molecule has 0 amide bonds. The summed E-state index contributed by atoms with van der Waals surface area (Å²) >= 11 is 12.8. The molecule has 0 bridgehead atoms. The topological polar surface area (TPSA) is 69.6 Å². The van der Waals surface area contributed by atoms with Crippen molar-refractivity contribution in [1.82, 2.24) is 19.5 Å². The minimum Gasteiger partial charge on any atom is -0.382 e. The summed E-state index contributed by atoms with van der Waals surface area (Å²) in [6.45, 7) is 0.405. The molecule has 2 N–H and O–H groups in total. The third kappa shape index (κ3) is 3.81. The Kier molecular flexibility index (Phi) is 5.52. The molecule has 2 heterocycles. The van der Waals surface area contributed by atoms with Gasteiger partial charge >= 0.3 is 0 Å². The fourth-order valence-electron chi connectivity index (χ4n) is 3.85. The number of benzene rings is 3. The molecule has 32 heavy (non-hydrogen) atoms. The van der Waals surface area contributed by atoms with Crippen molar-refractivity contribution in [2.24, 2.45) is 0 Å². The minimum atomic E-state index is -0.137. The fraction of sp³-hybridized carbons (Fsp3) is 0.0800. The zero-order chi connectivity index (χ0) is 22.1. The van der Waals surface area contributed by atoms with Crippen molar-refractivity contribution >= 4 is 29.0 Å². The van der Waals surface area contributed by atoms with Gasteiger partial charge in [-0.05, 0) is 23.3 Å². The highest BCUT2D eigenvalue weighted by Crippen LogP contribution is 2.35. The lowest BCUT2D eigenvalue weighted by Gasteiger charge is -2.15. The average molecular weight is 460 g/mol. The van der Waals surface area contributed by atoms with Crippen LogP contribution in [0.15, 0.2) is 85.2 Å². The van der Waals surface area contributed by atoms with Gasteiger partial charge in [0.2, 0.25) is 0 Å². The van der Waals surface area contributed by atoms with Crippen molar-refractivity contribution in [3.8, 4) is 11.5 Å². The largest absolute Gasteiger partial charge is 0.382 e. The lowest BCUT2D eigenvalue weighted by atomic mass is 9.91. The summed E-state index contributed by atoms with van der Waals surface area (Å²) in [6.07, 6.45) is 1.65. The summed E-state index contributed by atoms with van der Waals surface area (Å²) in [6, 6.07) is 25.8. The van der Waals surface area contributed by atoms with Crippen LogP contribution in [0.4, 0.5) is 5.82 Å². The van der Waals surface area contributed by atoms with Gasteiger partial charge in [0.15, 0.2) is 17.3 Å². The molecule has 0 atom stereocenters. The number of anilines is 1. The predicted molar refractivity (Wildman–Crippen MR) is 128 cm³/mol. The number of aromatic nitrogens is 4. The van der Waals surface area contributed by atoms with Crippen molar-refractivity contribution in [2.75, 3.05) is 5.73 Å². The van der Waals surface area contributed by atoms with Crippen LogP contribution in [-0.2, 0) is 6.54 Å². The number of nitrogens with two attached hydrogens (primary N) is 1. The van der Waals surface area contributed by atoms with Crippen LogP contribution in [0.1, 0.15) is 28.4 Å². The maximum atomic E-state index is 6.40. The Bertz CT molecular complexity index is 1280. The van der Waals surface area contributed by atoms with Gasteiger partial charge < -0.3 is 10.3 Å². The minimum absolute atomic E-state index is 0.137. The van der Waals surface area contributed by atoms with Crippen LogP contribution in [0, 0.1) is 0 Å². The third-order valence-electron chi connectivity index (χ3n) is 5.42. The molecular weight excluding hydrogens is 441 g/mol. The van der Waals surface area contributed by atoms with Crippen LogP contribution in [-0.4, -0.2) is 19.5 Å². The summed E-state index contributed by atoms with van der Waals surface area (Å²) in [5.41, 5.74) is 9.74. The van der Waals surface area contributed by atoms with Crippen molar-refractivity contribution in [3.05, 3.63) is 118 Å². The second-order valence-electron chi connectivity index (χ2n) is 7.47. The maximum absolute atomic E-state index is 6.40. The van der Waals surface area contributed by atoms with Crippen LogP contribution in [0.5, 0.6) is 0 Å². The number of nitrogens with zero attached hydrogens (tertiary/aromatic N) is 4. The van der Waals surface area contributed by atoms with Crippen molar-refractivity contribution in [1.29, 1.82) is 0 Å². The number of nitrogen functional groups attached to an aromatic ring is 1. The molecule has 0 unspecified atom stereocenters. The molecule has 0 aromatic heterocycles. The number of rotatable bonds is 5. The molecule has 0 saturated carbocycles. The maximum Gasteiger partial charge on any atom is 0.166 e. The van der Waals surface area contributed by atoms with Gasteiger partial charge in [-0.1, -0.05) is 89.9 Å². The molecule has 3 aromatic carbocycles. The Labute approximate surface area is 195 Å². The molecule has 0 aliphatic carbocycles. The van der Waals surface area contributed by atoms with Gasteiger partial charge in [-0.2, -0.15) is 0 Å². The molecule has 5 rings (SSSR count). The second-order valence-corrected chi connectivity index (χ2v) is 8.28. The SMILES string of the molecule is Nc1ncn(Cc2c(Cl)cccc2Cl)c2nc(C(c3ccccc3)c3ccccc3)nc1-2. The standard InChI is InChI=1S/C25H19Cl2N5/c26-19-12-7-13-20(27)18(19)14-32-15-29-23(28)22-25(32)31-24(30-22)21(16-8-3-1-4-9-16)17-10-5-2-6-11-17/h1-13,15,21H,14,28H2. The third-order valence-corrected chi connectivity index (χ3v) is 6.13. The number of hydrogen-bond acceptors (Lipinski definition) is 4. The van der Waals surface area contributed by atoms with E-state index >= 15 is 0 Å². The Morgan fingerprint density at radius 3 is 1.97 bits per heavy atom. The zero-order valence-electron chi connectivity index (χ0n) is 17.0. The molecule has 0 spiro atoms. The smallest absolute Gasteiger partial charge is 0.166 e. The molecule has 0 saturated heterocycles.